The lowest BCUT2D eigenvalue weighted by atomic mass is 10.2. The summed E-state index contributed by atoms with van der Waals surface area (Å²) >= 11 is 0. The molecule has 0 aliphatic heterocycles. The van der Waals surface area contributed by atoms with Crippen LogP contribution in [0.15, 0.2) is 123 Å². The molecular weight excluding hydrogens is 460 g/mol. The number of anilines is 1. The Labute approximate surface area is 208 Å². The highest BCUT2D eigenvalue weighted by atomic mass is 16.5. The summed E-state index contributed by atoms with van der Waals surface area (Å²) in [4.78, 5) is 28.7. The third-order valence-corrected chi connectivity index (χ3v) is 4.43. The van der Waals surface area contributed by atoms with Gasteiger partial charge in [0.15, 0.2) is 12.2 Å². The van der Waals surface area contributed by atoms with Crippen molar-refractivity contribution in [1.29, 1.82) is 0 Å². The zero-order chi connectivity index (χ0) is 25.6. The second-order valence-corrected chi connectivity index (χ2v) is 7.18. The summed E-state index contributed by atoms with van der Waals surface area (Å²) in [5.41, 5.74) is 2.23. The lowest BCUT2D eigenvalue weighted by Crippen LogP contribution is -2.31. The molecule has 1 atom stereocenters. The number of carbonyl (C=O) groups excluding carboxylic acids is 2. The topological polar surface area (TPSA) is 126 Å². The molecule has 3 aromatic rings. The number of aliphatic imine (C=N–C) groups is 1. The summed E-state index contributed by atoms with van der Waals surface area (Å²) < 4.78 is 10.3. The number of ether oxygens (including phenoxy) is 2. The number of azo groups is 2. The minimum atomic E-state index is -1.26. The van der Waals surface area contributed by atoms with Gasteiger partial charge in [-0.05, 0) is 55.5 Å². The van der Waals surface area contributed by atoms with E-state index in [0.29, 0.717) is 22.7 Å². The maximum Gasteiger partial charge on any atom is 0.274 e. The van der Waals surface area contributed by atoms with Crippen molar-refractivity contribution in [2.75, 3.05) is 12.4 Å². The Balaban J connectivity index is 1.58. The van der Waals surface area contributed by atoms with Gasteiger partial charge in [0.25, 0.3) is 11.8 Å². The number of hydrogen-bond donors (Lipinski definition) is 1. The van der Waals surface area contributed by atoms with Gasteiger partial charge in [-0.3, -0.25) is 9.59 Å². The number of ketones is 1. The molecule has 0 aromatic heterocycles. The molecule has 3 rings (SSSR count). The molecule has 0 bridgehead atoms. The van der Waals surface area contributed by atoms with E-state index in [1.807, 2.05) is 24.3 Å². The Morgan fingerprint density at radius 2 is 1.44 bits per heavy atom. The van der Waals surface area contributed by atoms with Crippen LogP contribution in [0.3, 0.4) is 0 Å². The standard InChI is InChI=1S/C26H24N6O4/c1-19(33)25(32-30-23-11-7-4-8-12-23)26(34)28-21-15-13-20(14-16-21)27-18-36-24(17-35-2)31-29-22-9-5-3-6-10-22/h3-18,25H,1-2H3,(H,28,34)/b24-17-,27-18?,31-29?,32-30?. The highest BCUT2D eigenvalue weighted by Gasteiger charge is 2.23. The summed E-state index contributed by atoms with van der Waals surface area (Å²) in [6.45, 7) is 1.29. The predicted molar refractivity (Wildman–Crippen MR) is 136 cm³/mol. The smallest absolute Gasteiger partial charge is 0.274 e. The number of nitrogens with one attached hydrogen (secondary N) is 1. The molecule has 0 fully saturated rings. The monoisotopic (exact) mass is 484 g/mol. The van der Waals surface area contributed by atoms with Crippen LogP contribution >= 0.6 is 0 Å². The van der Waals surface area contributed by atoms with Crippen molar-refractivity contribution >= 4 is 40.8 Å². The molecule has 0 saturated heterocycles. The van der Waals surface area contributed by atoms with E-state index in [4.69, 9.17) is 9.47 Å². The number of rotatable bonds is 11. The van der Waals surface area contributed by atoms with Gasteiger partial charge in [0, 0.05) is 5.69 Å². The second kappa shape index (κ2) is 13.7. The van der Waals surface area contributed by atoms with Crippen molar-refractivity contribution in [2.45, 2.75) is 13.0 Å². The average Bonchev–Trinajstić information content (AvgIpc) is 2.89. The molecule has 0 heterocycles. The van der Waals surface area contributed by atoms with Crippen LogP contribution in [0, 0.1) is 0 Å². The fraction of sp³-hybridized carbons (Fsp3) is 0.115. The van der Waals surface area contributed by atoms with Gasteiger partial charge in [-0.25, -0.2) is 4.99 Å². The summed E-state index contributed by atoms with van der Waals surface area (Å²) in [5, 5.41) is 18.6. The zero-order valence-electron chi connectivity index (χ0n) is 19.7. The molecule has 0 aliphatic carbocycles. The highest BCUT2D eigenvalue weighted by molar-refractivity contribution is 6.10. The normalized spacial score (nSPS) is 12.7. The highest BCUT2D eigenvalue weighted by Crippen LogP contribution is 2.18. The molecular formula is C26H24N6O4. The van der Waals surface area contributed by atoms with Crippen molar-refractivity contribution < 1.29 is 19.1 Å². The van der Waals surface area contributed by atoms with Crippen molar-refractivity contribution in [3.05, 3.63) is 97.1 Å². The Bertz CT molecular complexity index is 1260. The number of Topliss-reactive ketones (excluding diaryl/α,β-unsaturated/α-hetero) is 1. The fourth-order valence-electron chi connectivity index (χ4n) is 2.70. The van der Waals surface area contributed by atoms with Gasteiger partial charge < -0.3 is 14.8 Å². The van der Waals surface area contributed by atoms with Crippen LogP contribution in [-0.4, -0.2) is 31.2 Å². The van der Waals surface area contributed by atoms with E-state index in [1.165, 1.54) is 26.7 Å². The maximum atomic E-state index is 12.6. The average molecular weight is 485 g/mol. The van der Waals surface area contributed by atoms with Crippen LogP contribution in [0.4, 0.5) is 22.7 Å². The molecule has 36 heavy (non-hydrogen) atoms. The molecule has 10 heteroatoms. The van der Waals surface area contributed by atoms with Crippen LogP contribution in [0.25, 0.3) is 0 Å². The van der Waals surface area contributed by atoms with Gasteiger partial charge in [0.1, 0.15) is 6.26 Å². The predicted octanol–water partition coefficient (Wildman–Crippen LogP) is 6.27. The molecule has 1 unspecified atom stereocenters. The van der Waals surface area contributed by atoms with E-state index in [2.05, 4.69) is 30.8 Å². The van der Waals surface area contributed by atoms with E-state index in [9.17, 15) is 9.59 Å². The Morgan fingerprint density at radius 1 is 0.833 bits per heavy atom. The summed E-state index contributed by atoms with van der Waals surface area (Å²) in [6, 6.07) is 23.4. The zero-order valence-corrected chi connectivity index (χ0v) is 19.7. The third kappa shape index (κ3) is 8.41. The first-order chi connectivity index (χ1) is 17.5. The Morgan fingerprint density at radius 3 is 2.03 bits per heavy atom. The molecule has 1 amide bonds. The van der Waals surface area contributed by atoms with E-state index in [1.54, 1.807) is 60.7 Å². The van der Waals surface area contributed by atoms with E-state index >= 15 is 0 Å². The van der Waals surface area contributed by atoms with Crippen LogP contribution in [0.2, 0.25) is 0 Å². The number of methoxy groups -OCH3 is 1. The maximum absolute atomic E-state index is 12.6. The molecule has 0 radical (unpaired) electrons. The molecule has 0 aliphatic rings. The van der Waals surface area contributed by atoms with Gasteiger partial charge in [-0.15, -0.1) is 10.2 Å². The van der Waals surface area contributed by atoms with Gasteiger partial charge in [-0.1, -0.05) is 36.4 Å². The first-order valence-electron chi connectivity index (χ1n) is 10.8. The minimum absolute atomic E-state index is 0.105. The lowest BCUT2D eigenvalue weighted by molar-refractivity contribution is -0.126. The van der Waals surface area contributed by atoms with Gasteiger partial charge in [0.05, 0.1) is 24.2 Å². The largest absolute Gasteiger partial charge is 0.499 e. The number of nitrogens with zero attached hydrogens (tertiary/aromatic N) is 5. The van der Waals surface area contributed by atoms with Crippen molar-refractivity contribution in [1.82, 2.24) is 0 Å². The number of carbonyl (C=O) groups is 2. The van der Waals surface area contributed by atoms with Crippen molar-refractivity contribution in [3.8, 4) is 0 Å². The van der Waals surface area contributed by atoms with Gasteiger partial charge in [0.2, 0.25) is 6.04 Å². The van der Waals surface area contributed by atoms with Crippen LogP contribution in [0.5, 0.6) is 0 Å². The van der Waals surface area contributed by atoms with E-state index in [-0.39, 0.29) is 5.88 Å². The minimum Gasteiger partial charge on any atom is -0.499 e. The number of benzene rings is 3. The SMILES string of the molecule is CO/C=C(/N=Nc1ccccc1)OC=Nc1ccc(NC(=O)C(N=Nc2ccccc2)C(C)=O)cc1. The molecule has 182 valence electrons. The van der Waals surface area contributed by atoms with Gasteiger partial charge >= 0.3 is 0 Å². The Hall–Kier alpha value is -4.99. The number of amides is 1. The van der Waals surface area contributed by atoms with Crippen LogP contribution in [-0.2, 0) is 19.1 Å². The first kappa shape index (κ1) is 25.6. The second-order valence-electron chi connectivity index (χ2n) is 7.18. The van der Waals surface area contributed by atoms with Crippen molar-refractivity contribution in [3.63, 3.8) is 0 Å². The third-order valence-electron chi connectivity index (χ3n) is 4.43. The Kier molecular flexibility index (Phi) is 9.72. The molecule has 0 spiro atoms. The van der Waals surface area contributed by atoms with Gasteiger partial charge in [-0.2, -0.15) is 10.2 Å². The summed E-state index contributed by atoms with van der Waals surface area (Å²) in [5.74, 6) is -0.899. The molecule has 10 nitrogen and oxygen atoms in total. The van der Waals surface area contributed by atoms with E-state index < -0.39 is 17.7 Å². The quantitative estimate of drug-likeness (QED) is 0.113. The van der Waals surface area contributed by atoms with Crippen LogP contribution < -0.4 is 5.32 Å². The molecule has 1 N–H and O–H groups in total. The first-order valence-corrected chi connectivity index (χ1v) is 10.8. The van der Waals surface area contributed by atoms with E-state index in [0.717, 1.165) is 0 Å². The fourth-order valence-corrected chi connectivity index (χ4v) is 2.70. The molecule has 3 aromatic carbocycles. The van der Waals surface area contributed by atoms with Crippen LogP contribution in [0.1, 0.15) is 6.92 Å². The summed E-state index contributed by atoms with van der Waals surface area (Å²) in [6.07, 6.45) is 2.48. The van der Waals surface area contributed by atoms with Crippen molar-refractivity contribution in [2.24, 2.45) is 25.4 Å². The number of hydrogen-bond acceptors (Lipinski definition) is 9. The lowest BCUT2D eigenvalue weighted by Gasteiger charge is -2.09. The summed E-state index contributed by atoms with van der Waals surface area (Å²) in [7, 11) is 1.46. The molecule has 0 saturated carbocycles.